The van der Waals surface area contributed by atoms with Crippen molar-refractivity contribution in [1.82, 2.24) is 5.32 Å². The van der Waals surface area contributed by atoms with E-state index >= 15 is 0 Å². The Hall–Kier alpha value is -3.34. The molecule has 10 nitrogen and oxygen atoms in total. The Labute approximate surface area is 252 Å². The summed E-state index contributed by atoms with van der Waals surface area (Å²) in [6, 6.07) is 3.57. The van der Waals surface area contributed by atoms with E-state index in [0.29, 0.717) is 23.4 Å². The fraction of sp³-hybridized carbons (Fsp3) is 0.516. The first-order valence-corrected chi connectivity index (χ1v) is 14.3. The number of halogens is 1. The fourth-order valence-corrected chi connectivity index (χ4v) is 5.16. The summed E-state index contributed by atoms with van der Waals surface area (Å²) >= 11 is 6.54. The van der Waals surface area contributed by atoms with Crippen molar-refractivity contribution in [3.8, 4) is 5.75 Å². The Morgan fingerprint density at radius 2 is 1.93 bits per heavy atom. The van der Waals surface area contributed by atoms with Gasteiger partial charge in [-0.2, -0.15) is 0 Å². The zero-order valence-corrected chi connectivity index (χ0v) is 25.9. The van der Waals surface area contributed by atoms with Gasteiger partial charge in [0, 0.05) is 19.4 Å². The number of nitrogens with one attached hydrogen (secondary N) is 2. The number of esters is 1. The highest BCUT2D eigenvalue weighted by atomic mass is 35.5. The minimum atomic E-state index is -1.74. The lowest BCUT2D eigenvalue weighted by atomic mass is 9.89. The molecule has 0 radical (unpaired) electrons. The van der Waals surface area contributed by atoms with Crippen LogP contribution in [0.25, 0.3) is 0 Å². The van der Waals surface area contributed by atoms with Gasteiger partial charge in [-0.15, -0.1) is 0 Å². The van der Waals surface area contributed by atoms with Gasteiger partial charge >= 0.3 is 12.1 Å². The molecule has 0 unspecified atom stereocenters. The van der Waals surface area contributed by atoms with Crippen molar-refractivity contribution >= 4 is 35.3 Å². The van der Waals surface area contributed by atoms with Crippen LogP contribution in [-0.4, -0.2) is 61.3 Å². The summed E-state index contributed by atoms with van der Waals surface area (Å²) < 4.78 is 22.3. The molecule has 11 heteroatoms. The van der Waals surface area contributed by atoms with Crippen LogP contribution >= 0.6 is 11.6 Å². The minimum Gasteiger partial charge on any atom is -0.495 e. The molecule has 0 aliphatic carbocycles. The number of fused-ring (bicyclic) bond motifs is 4. The van der Waals surface area contributed by atoms with Gasteiger partial charge in [-0.3, -0.25) is 14.9 Å². The first-order chi connectivity index (χ1) is 19.8. The van der Waals surface area contributed by atoms with E-state index < -0.39 is 53.8 Å². The summed E-state index contributed by atoms with van der Waals surface area (Å²) in [5, 5.41) is 17.1. The molecule has 4 bridgehead atoms. The quantitative estimate of drug-likeness (QED) is 0.320. The lowest BCUT2D eigenvalue weighted by Crippen LogP contribution is -2.63. The average Bonchev–Trinajstić information content (AvgIpc) is 2.91. The van der Waals surface area contributed by atoms with E-state index in [1.807, 2.05) is 19.9 Å². The van der Waals surface area contributed by atoms with Gasteiger partial charge in [-0.1, -0.05) is 62.2 Å². The largest absolute Gasteiger partial charge is 0.495 e. The molecule has 42 heavy (non-hydrogen) atoms. The molecule has 1 fully saturated rings. The molecule has 5 atom stereocenters. The van der Waals surface area contributed by atoms with Gasteiger partial charge in [-0.05, 0) is 43.5 Å². The topological polar surface area (TPSA) is 132 Å². The van der Waals surface area contributed by atoms with E-state index in [1.54, 1.807) is 51.1 Å². The number of hydrogen-bond acceptors (Lipinski definition) is 8. The number of amides is 2. The number of ether oxygens (including phenoxy) is 4. The maximum Gasteiger partial charge on any atom is 0.409 e. The number of methoxy groups -OCH3 is 2. The summed E-state index contributed by atoms with van der Waals surface area (Å²) in [6.07, 6.45) is 4.13. The Bertz CT molecular complexity index is 1270. The Morgan fingerprint density at radius 3 is 2.57 bits per heavy atom. The van der Waals surface area contributed by atoms with Gasteiger partial charge in [0.2, 0.25) is 5.91 Å². The van der Waals surface area contributed by atoms with E-state index in [4.69, 9.17) is 30.5 Å². The van der Waals surface area contributed by atoms with E-state index in [1.165, 1.54) is 14.2 Å². The maximum absolute atomic E-state index is 13.3. The van der Waals surface area contributed by atoms with Crippen LogP contribution in [0.4, 0.5) is 10.5 Å². The summed E-state index contributed by atoms with van der Waals surface area (Å²) in [5.74, 6) is -1.31. The van der Waals surface area contributed by atoms with Crippen LogP contribution in [0.2, 0.25) is 5.02 Å². The molecule has 2 aliphatic heterocycles. The molecule has 1 aromatic carbocycles. The number of aliphatic hydroxyl groups is 1. The normalized spacial score (nSPS) is 30.5. The predicted molar refractivity (Wildman–Crippen MR) is 159 cm³/mol. The van der Waals surface area contributed by atoms with Crippen molar-refractivity contribution in [2.75, 3.05) is 19.5 Å². The highest BCUT2D eigenvalue weighted by Gasteiger charge is 2.46. The van der Waals surface area contributed by atoms with Crippen LogP contribution in [-0.2, 0) is 30.2 Å². The highest BCUT2D eigenvalue weighted by Crippen LogP contribution is 2.35. The Balaban J connectivity index is 2.10. The fourth-order valence-electron chi connectivity index (χ4n) is 4.93. The van der Waals surface area contributed by atoms with Crippen LogP contribution < -0.4 is 15.4 Å². The molecule has 3 rings (SSSR count). The molecule has 230 valence electrons. The standard InChI is InChI=1S/C31H41ClN2O8/c1-17(2)29(36)41-23-15-27(35)33-22-13-21(14-24(39-6)28(22)32)11-18(3)9-8-10-26(40-7)31(38)16-25(42-30(37)34-31)20(5)12-19(23)4/h8-10,12-14,17,20,23,25-26,38H,11,15-16H2,1-7H3,(H,33,35)(H,34,37)/b10-8-,18-9-,19-12-/t20-,23-,25-,26+,31-/m0/s1. The first kappa shape index (κ1) is 33.2. The monoisotopic (exact) mass is 604 g/mol. The summed E-state index contributed by atoms with van der Waals surface area (Å²) in [6.45, 7) is 8.90. The molecule has 2 heterocycles. The van der Waals surface area contributed by atoms with Crippen molar-refractivity contribution in [2.24, 2.45) is 11.8 Å². The molecular formula is C31H41ClN2O8. The van der Waals surface area contributed by atoms with Gasteiger partial charge in [0.25, 0.3) is 0 Å². The van der Waals surface area contributed by atoms with Crippen molar-refractivity contribution in [2.45, 2.75) is 77.9 Å². The number of carbonyl (C=O) groups excluding carboxylic acids is 3. The molecule has 0 saturated carbocycles. The van der Waals surface area contributed by atoms with Crippen molar-refractivity contribution in [1.29, 1.82) is 0 Å². The Morgan fingerprint density at radius 1 is 1.21 bits per heavy atom. The number of anilines is 1. The average molecular weight is 605 g/mol. The summed E-state index contributed by atoms with van der Waals surface area (Å²) in [7, 11) is 2.94. The third-order valence-corrected chi connectivity index (χ3v) is 7.67. The van der Waals surface area contributed by atoms with E-state index in [2.05, 4.69) is 10.6 Å². The lowest BCUT2D eigenvalue weighted by molar-refractivity contribution is -0.151. The number of benzene rings is 1. The maximum atomic E-state index is 13.3. The zero-order chi connectivity index (χ0) is 31.2. The highest BCUT2D eigenvalue weighted by molar-refractivity contribution is 6.35. The molecule has 2 aliphatic rings. The minimum absolute atomic E-state index is 0.0241. The molecule has 1 saturated heterocycles. The van der Waals surface area contributed by atoms with E-state index in [9.17, 15) is 19.5 Å². The van der Waals surface area contributed by atoms with Crippen LogP contribution in [0.15, 0.2) is 47.6 Å². The number of hydrogen-bond donors (Lipinski definition) is 3. The number of alkyl carbamates (subject to hydrolysis) is 1. The number of allylic oxidation sites excluding steroid dienone is 3. The second-order valence-corrected chi connectivity index (χ2v) is 11.6. The summed E-state index contributed by atoms with van der Waals surface area (Å²) in [5.41, 5.74) is 1.00. The molecular weight excluding hydrogens is 564 g/mol. The van der Waals surface area contributed by atoms with Crippen LogP contribution in [0.1, 0.15) is 53.0 Å². The summed E-state index contributed by atoms with van der Waals surface area (Å²) in [4.78, 5) is 38.4. The van der Waals surface area contributed by atoms with Crippen LogP contribution in [0.5, 0.6) is 5.75 Å². The molecule has 1 aromatic rings. The van der Waals surface area contributed by atoms with E-state index in [0.717, 1.165) is 11.1 Å². The van der Waals surface area contributed by atoms with E-state index in [-0.39, 0.29) is 17.9 Å². The first-order valence-electron chi connectivity index (χ1n) is 13.9. The molecule has 3 N–H and O–H groups in total. The molecule has 2 amide bonds. The van der Waals surface area contributed by atoms with Gasteiger partial charge in [-0.25, -0.2) is 4.79 Å². The van der Waals surface area contributed by atoms with Gasteiger partial charge < -0.3 is 29.4 Å². The second kappa shape index (κ2) is 14.2. The molecule has 0 spiro atoms. The van der Waals surface area contributed by atoms with Crippen LogP contribution in [0, 0.1) is 11.8 Å². The van der Waals surface area contributed by atoms with Crippen molar-refractivity contribution in [3.05, 3.63) is 58.2 Å². The number of carbonyl (C=O) groups is 3. The number of rotatable bonds is 4. The van der Waals surface area contributed by atoms with Gasteiger partial charge in [0.05, 0.1) is 25.1 Å². The van der Waals surface area contributed by atoms with Gasteiger partial charge in [0.1, 0.15) is 29.1 Å². The zero-order valence-electron chi connectivity index (χ0n) is 25.2. The third-order valence-electron chi connectivity index (χ3n) is 7.28. The SMILES string of the molecule is COc1cc2cc(c1Cl)NC(=O)C[C@H](OC(=O)C(C)C)/C(C)=C\[C@H](C)[C@@H]1C[C@@](O)(NC(=O)O1)[C@H](OC)/C=C\C=C(\C)C2. The Kier molecular flexibility index (Phi) is 11.2. The predicted octanol–water partition coefficient (Wildman–Crippen LogP) is 5.09. The smallest absolute Gasteiger partial charge is 0.409 e. The molecule has 0 aromatic heterocycles. The third kappa shape index (κ3) is 8.36. The second-order valence-electron chi connectivity index (χ2n) is 11.2. The lowest BCUT2D eigenvalue weighted by Gasteiger charge is -2.41. The van der Waals surface area contributed by atoms with Crippen molar-refractivity contribution in [3.63, 3.8) is 0 Å². The van der Waals surface area contributed by atoms with Crippen molar-refractivity contribution < 1.29 is 38.4 Å². The van der Waals surface area contributed by atoms with Crippen LogP contribution in [0.3, 0.4) is 0 Å². The van der Waals surface area contributed by atoms with Gasteiger partial charge in [0.15, 0.2) is 5.72 Å².